The number of hydrogen-bond acceptors (Lipinski definition) is 5. The summed E-state index contributed by atoms with van der Waals surface area (Å²) < 4.78 is 26.2. The van der Waals surface area contributed by atoms with Crippen molar-refractivity contribution >= 4 is 27.5 Å². The van der Waals surface area contributed by atoms with Gasteiger partial charge in [-0.1, -0.05) is 12.1 Å². The first-order valence-corrected chi connectivity index (χ1v) is 8.00. The molecule has 1 aliphatic heterocycles. The van der Waals surface area contributed by atoms with Gasteiger partial charge in [0.1, 0.15) is 5.84 Å². The van der Waals surface area contributed by atoms with E-state index in [9.17, 15) is 13.2 Å². The van der Waals surface area contributed by atoms with E-state index in [4.69, 9.17) is 0 Å². The summed E-state index contributed by atoms with van der Waals surface area (Å²) in [6, 6.07) is 6.59. The number of amidine groups is 1. The van der Waals surface area contributed by atoms with Gasteiger partial charge in [-0.2, -0.15) is 5.10 Å². The molecule has 0 atom stereocenters. The Balaban J connectivity index is 1.66. The molecule has 0 unspecified atom stereocenters. The van der Waals surface area contributed by atoms with Crippen molar-refractivity contribution in [2.45, 2.75) is 11.3 Å². The molecule has 0 bridgehead atoms. The molecule has 1 aromatic carbocycles. The van der Waals surface area contributed by atoms with Gasteiger partial charge in [0.15, 0.2) is 0 Å². The summed E-state index contributed by atoms with van der Waals surface area (Å²) >= 11 is 0. The number of sulfonamides is 1. The van der Waals surface area contributed by atoms with Crippen molar-refractivity contribution in [3.63, 3.8) is 0 Å². The molecular formula is C13H13N5O3S. The standard InChI is InChI=1S/C13H13N5O3S/c19-12(17-9-7-15-16-8-9)5-6-14-13-10-3-1-2-4-11(10)22(20,21)18-13/h1-4,7-8H,5-6H2,(H,14,18)(H,15,16)(H,17,19). The smallest absolute Gasteiger partial charge is 0.263 e. The summed E-state index contributed by atoms with van der Waals surface area (Å²) in [7, 11) is -3.54. The van der Waals surface area contributed by atoms with Crippen LogP contribution < -0.4 is 10.0 Å². The lowest BCUT2D eigenvalue weighted by atomic mass is 10.2. The molecule has 0 saturated carbocycles. The SMILES string of the molecule is O=C(CCN=C1NS(=O)(=O)c2ccccc21)Nc1cn[nH]c1. The van der Waals surface area contributed by atoms with Crippen LogP contribution >= 0.6 is 0 Å². The first-order chi connectivity index (χ1) is 10.6. The van der Waals surface area contributed by atoms with Crippen LogP contribution in [0.1, 0.15) is 12.0 Å². The van der Waals surface area contributed by atoms with Crippen molar-refractivity contribution in [3.8, 4) is 0 Å². The maximum Gasteiger partial charge on any atom is 0.263 e. The predicted molar refractivity (Wildman–Crippen MR) is 80.0 cm³/mol. The minimum absolute atomic E-state index is 0.137. The Hall–Kier alpha value is -2.68. The number of hydrogen-bond donors (Lipinski definition) is 3. The molecule has 3 N–H and O–H groups in total. The minimum atomic E-state index is -3.54. The van der Waals surface area contributed by atoms with Crippen molar-refractivity contribution in [3.05, 3.63) is 42.2 Å². The van der Waals surface area contributed by atoms with Gasteiger partial charge in [-0.05, 0) is 12.1 Å². The fourth-order valence-electron chi connectivity index (χ4n) is 2.06. The highest BCUT2D eigenvalue weighted by Crippen LogP contribution is 2.22. The van der Waals surface area contributed by atoms with E-state index in [1.54, 1.807) is 24.4 Å². The molecule has 2 heterocycles. The topological polar surface area (TPSA) is 116 Å². The van der Waals surface area contributed by atoms with Gasteiger partial charge in [0.05, 0.1) is 23.3 Å². The lowest BCUT2D eigenvalue weighted by Gasteiger charge is -2.01. The van der Waals surface area contributed by atoms with Gasteiger partial charge in [-0.3, -0.25) is 19.6 Å². The van der Waals surface area contributed by atoms with Gasteiger partial charge in [-0.15, -0.1) is 0 Å². The van der Waals surface area contributed by atoms with Crippen LogP contribution in [-0.4, -0.2) is 36.9 Å². The number of aliphatic imine (C=N–C) groups is 1. The van der Waals surface area contributed by atoms with E-state index in [0.717, 1.165) is 0 Å². The van der Waals surface area contributed by atoms with E-state index < -0.39 is 10.0 Å². The van der Waals surface area contributed by atoms with E-state index in [2.05, 4.69) is 25.2 Å². The van der Waals surface area contributed by atoms with E-state index in [0.29, 0.717) is 11.3 Å². The number of aromatic amines is 1. The van der Waals surface area contributed by atoms with Crippen LogP contribution in [0.15, 0.2) is 46.5 Å². The number of amides is 1. The molecule has 3 rings (SSSR count). The summed E-state index contributed by atoms with van der Waals surface area (Å²) in [5, 5.41) is 8.94. The average Bonchev–Trinajstić information content (AvgIpc) is 3.07. The number of aromatic nitrogens is 2. The van der Waals surface area contributed by atoms with Crippen LogP contribution in [0.25, 0.3) is 0 Å². The van der Waals surface area contributed by atoms with E-state index in [1.165, 1.54) is 12.3 Å². The van der Waals surface area contributed by atoms with Gasteiger partial charge in [0.2, 0.25) is 5.91 Å². The summed E-state index contributed by atoms with van der Waals surface area (Å²) in [6.07, 6.45) is 3.19. The number of carbonyl (C=O) groups is 1. The third kappa shape index (κ3) is 2.84. The molecule has 1 amide bonds. The second kappa shape index (κ2) is 5.60. The second-order valence-electron chi connectivity index (χ2n) is 4.62. The zero-order valence-corrected chi connectivity index (χ0v) is 12.2. The number of nitrogens with one attached hydrogen (secondary N) is 3. The predicted octanol–water partition coefficient (Wildman–Crippen LogP) is 0.477. The normalized spacial score (nSPS) is 17.0. The third-order valence-electron chi connectivity index (χ3n) is 3.05. The van der Waals surface area contributed by atoms with Crippen LogP contribution in [-0.2, 0) is 14.8 Å². The van der Waals surface area contributed by atoms with Gasteiger partial charge in [0.25, 0.3) is 10.0 Å². The summed E-state index contributed by atoms with van der Waals surface area (Å²) in [6.45, 7) is 0.176. The van der Waals surface area contributed by atoms with E-state index in [-0.39, 0.29) is 29.6 Å². The molecule has 9 heteroatoms. The maximum atomic E-state index is 11.9. The molecule has 8 nitrogen and oxygen atoms in total. The molecule has 0 fully saturated rings. The summed E-state index contributed by atoms with van der Waals surface area (Å²) in [5.74, 6) is 0.0478. The first-order valence-electron chi connectivity index (χ1n) is 6.51. The fourth-order valence-corrected chi connectivity index (χ4v) is 3.31. The zero-order chi connectivity index (χ0) is 15.6. The molecule has 22 heavy (non-hydrogen) atoms. The molecule has 1 aromatic heterocycles. The van der Waals surface area contributed by atoms with Crippen LogP contribution in [0, 0.1) is 0 Å². The lowest BCUT2D eigenvalue weighted by molar-refractivity contribution is -0.116. The zero-order valence-electron chi connectivity index (χ0n) is 11.4. The summed E-state index contributed by atoms with van der Waals surface area (Å²) in [5.41, 5.74) is 1.10. The molecule has 0 saturated heterocycles. The Morgan fingerprint density at radius 1 is 1.32 bits per heavy atom. The number of anilines is 1. The first kappa shape index (κ1) is 14.3. The van der Waals surface area contributed by atoms with Gasteiger partial charge < -0.3 is 5.32 Å². The number of benzene rings is 1. The highest BCUT2D eigenvalue weighted by molar-refractivity contribution is 7.90. The quantitative estimate of drug-likeness (QED) is 0.759. The van der Waals surface area contributed by atoms with Crippen molar-refractivity contribution in [1.29, 1.82) is 0 Å². The number of H-pyrrole nitrogens is 1. The number of carbonyl (C=O) groups excluding carboxylic acids is 1. The maximum absolute atomic E-state index is 11.9. The monoisotopic (exact) mass is 319 g/mol. The molecule has 1 aliphatic rings. The Kier molecular flexibility index (Phi) is 3.63. The fraction of sp³-hybridized carbons (Fsp3) is 0.154. The largest absolute Gasteiger partial charge is 0.323 e. The molecule has 0 radical (unpaired) electrons. The lowest BCUT2D eigenvalue weighted by Crippen LogP contribution is -2.23. The molecule has 114 valence electrons. The van der Waals surface area contributed by atoms with Crippen molar-refractivity contribution in [2.75, 3.05) is 11.9 Å². The number of fused-ring (bicyclic) bond motifs is 1. The Morgan fingerprint density at radius 3 is 2.91 bits per heavy atom. The highest BCUT2D eigenvalue weighted by Gasteiger charge is 2.29. The Labute approximate surface area is 126 Å². The van der Waals surface area contributed by atoms with Crippen molar-refractivity contribution < 1.29 is 13.2 Å². The Morgan fingerprint density at radius 2 is 2.14 bits per heavy atom. The number of rotatable bonds is 4. The van der Waals surface area contributed by atoms with Crippen LogP contribution in [0.2, 0.25) is 0 Å². The van der Waals surface area contributed by atoms with Gasteiger partial charge in [0, 0.05) is 18.2 Å². The van der Waals surface area contributed by atoms with Crippen LogP contribution in [0.4, 0.5) is 5.69 Å². The molecular weight excluding hydrogens is 306 g/mol. The van der Waals surface area contributed by atoms with E-state index in [1.807, 2.05) is 0 Å². The van der Waals surface area contributed by atoms with Gasteiger partial charge in [-0.25, -0.2) is 8.42 Å². The number of nitrogens with zero attached hydrogens (tertiary/aromatic N) is 2. The summed E-state index contributed by atoms with van der Waals surface area (Å²) in [4.78, 5) is 16.1. The van der Waals surface area contributed by atoms with Gasteiger partial charge >= 0.3 is 0 Å². The van der Waals surface area contributed by atoms with Crippen molar-refractivity contribution in [2.24, 2.45) is 4.99 Å². The van der Waals surface area contributed by atoms with Crippen molar-refractivity contribution in [1.82, 2.24) is 14.9 Å². The molecule has 0 spiro atoms. The third-order valence-corrected chi connectivity index (χ3v) is 4.45. The Bertz CT molecular complexity index is 827. The van der Waals surface area contributed by atoms with Crippen LogP contribution in [0.3, 0.4) is 0 Å². The average molecular weight is 319 g/mol. The molecule has 2 aromatic rings. The highest BCUT2D eigenvalue weighted by atomic mass is 32.2. The molecule has 0 aliphatic carbocycles. The van der Waals surface area contributed by atoms with Crippen LogP contribution in [0.5, 0.6) is 0 Å². The van der Waals surface area contributed by atoms with E-state index >= 15 is 0 Å². The second-order valence-corrected chi connectivity index (χ2v) is 6.27. The minimum Gasteiger partial charge on any atom is -0.323 e.